The monoisotopic (exact) mass is 276 g/mol. The van der Waals surface area contributed by atoms with E-state index in [0.717, 1.165) is 56.3 Å². The molecular formula is C13H20N6O. The van der Waals surface area contributed by atoms with Crippen molar-refractivity contribution in [3.63, 3.8) is 0 Å². The Labute approximate surface area is 117 Å². The van der Waals surface area contributed by atoms with Crippen LogP contribution in [-0.2, 0) is 4.74 Å². The molecular weight excluding hydrogens is 256 g/mol. The summed E-state index contributed by atoms with van der Waals surface area (Å²) in [5, 5.41) is 7.57. The van der Waals surface area contributed by atoms with Crippen molar-refractivity contribution in [1.82, 2.24) is 19.5 Å². The molecule has 0 radical (unpaired) electrons. The van der Waals surface area contributed by atoms with Crippen LogP contribution in [0.5, 0.6) is 0 Å². The summed E-state index contributed by atoms with van der Waals surface area (Å²) in [6.07, 6.45) is 1.92. The first-order valence-corrected chi connectivity index (χ1v) is 6.89. The number of nitrogens with one attached hydrogen (secondary N) is 1. The predicted molar refractivity (Wildman–Crippen MR) is 77.9 cm³/mol. The number of pyridine rings is 1. The fourth-order valence-electron chi connectivity index (χ4n) is 2.45. The first-order valence-electron chi connectivity index (χ1n) is 6.89. The molecule has 0 amide bonds. The van der Waals surface area contributed by atoms with E-state index < -0.39 is 0 Å². The minimum absolute atomic E-state index is 0.304. The first-order chi connectivity index (χ1) is 9.72. The van der Waals surface area contributed by atoms with Gasteiger partial charge in [0.25, 0.3) is 0 Å². The molecule has 2 aromatic rings. The average Bonchev–Trinajstić information content (AvgIpc) is 2.81. The molecule has 7 nitrogen and oxygen atoms in total. The molecule has 0 atom stereocenters. The van der Waals surface area contributed by atoms with Gasteiger partial charge in [0, 0.05) is 26.2 Å². The lowest BCUT2D eigenvalue weighted by atomic mass is 10.3. The lowest BCUT2D eigenvalue weighted by Crippen LogP contribution is -2.39. The third-order valence-corrected chi connectivity index (χ3v) is 3.49. The Morgan fingerprint density at radius 1 is 1.40 bits per heavy atom. The molecule has 2 aromatic heterocycles. The van der Waals surface area contributed by atoms with E-state index in [-0.39, 0.29) is 0 Å². The van der Waals surface area contributed by atoms with Gasteiger partial charge in [0.1, 0.15) is 0 Å². The van der Waals surface area contributed by atoms with Crippen LogP contribution in [0, 0.1) is 6.92 Å². The predicted octanol–water partition coefficient (Wildman–Crippen LogP) is 0.364. The molecule has 20 heavy (non-hydrogen) atoms. The standard InChI is InChI=1S/C13H20N6O/c1-10-8-11(9-19-12(10)16-13(14)17-19)15-2-3-18-4-6-20-7-5-18/h8-9,15H,2-7H2,1H3,(H2,14,17). The number of aryl methyl sites for hydroxylation is 1. The van der Waals surface area contributed by atoms with Gasteiger partial charge in [-0.3, -0.25) is 4.90 Å². The van der Waals surface area contributed by atoms with E-state index in [1.165, 1.54) is 0 Å². The number of nitrogens with zero attached hydrogens (tertiary/aromatic N) is 4. The van der Waals surface area contributed by atoms with Crippen LogP contribution in [-0.4, -0.2) is 58.9 Å². The highest BCUT2D eigenvalue weighted by Gasteiger charge is 2.10. The van der Waals surface area contributed by atoms with Gasteiger partial charge in [0.05, 0.1) is 25.1 Å². The van der Waals surface area contributed by atoms with Crippen LogP contribution in [0.25, 0.3) is 5.65 Å². The molecule has 108 valence electrons. The third kappa shape index (κ3) is 2.83. The van der Waals surface area contributed by atoms with Crippen molar-refractivity contribution in [2.45, 2.75) is 6.92 Å². The van der Waals surface area contributed by atoms with Crippen molar-refractivity contribution in [2.75, 3.05) is 50.4 Å². The van der Waals surface area contributed by atoms with Crippen LogP contribution in [0.1, 0.15) is 5.56 Å². The molecule has 1 aliphatic rings. The van der Waals surface area contributed by atoms with Crippen LogP contribution < -0.4 is 11.1 Å². The number of ether oxygens (including phenoxy) is 1. The molecule has 0 spiro atoms. The maximum Gasteiger partial charge on any atom is 0.240 e. The Morgan fingerprint density at radius 3 is 3.00 bits per heavy atom. The number of nitrogens with two attached hydrogens (primary N) is 1. The van der Waals surface area contributed by atoms with Gasteiger partial charge in [-0.25, -0.2) is 4.52 Å². The van der Waals surface area contributed by atoms with Crippen LogP contribution >= 0.6 is 0 Å². The fraction of sp³-hybridized carbons (Fsp3) is 0.538. The van der Waals surface area contributed by atoms with Gasteiger partial charge >= 0.3 is 0 Å². The van der Waals surface area contributed by atoms with Gasteiger partial charge in [-0.15, -0.1) is 5.10 Å². The normalized spacial score (nSPS) is 16.6. The lowest BCUT2D eigenvalue weighted by Gasteiger charge is -2.26. The molecule has 0 aliphatic carbocycles. The molecule has 3 heterocycles. The van der Waals surface area contributed by atoms with E-state index >= 15 is 0 Å². The zero-order valence-corrected chi connectivity index (χ0v) is 11.7. The van der Waals surface area contributed by atoms with Crippen molar-refractivity contribution in [3.05, 3.63) is 17.8 Å². The number of fused-ring (bicyclic) bond motifs is 1. The molecule has 3 N–H and O–H groups in total. The quantitative estimate of drug-likeness (QED) is 0.839. The third-order valence-electron chi connectivity index (χ3n) is 3.49. The maximum atomic E-state index is 5.63. The summed E-state index contributed by atoms with van der Waals surface area (Å²) in [5.74, 6) is 0.304. The molecule has 0 bridgehead atoms. The van der Waals surface area contributed by atoms with Crippen LogP contribution in [0.2, 0.25) is 0 Å². The van der Waals surface area contributed by atoms with Crippen LogP contribution in [0.15, 0.2) is 12.3 Å². The Bertz CT molecular complexity index is 590. The van der Waals surface area contributed by atoms with Gasteiger partial charge in [0.2, 0.25) is 5.95 Å². The van der Waals surface area contributed by atoms with Gasteiger partial charge in [0.15, 0.2) is 5.65 Å². The molecule has 1 saturated heterocycles. The number of hydrogen-bond acceptors (Lipinski definition) is 6. The Hall–Kier alpha value is -1.86. The zero-order chi connectivity index (χ0) is 13.9. The fourth-order valence-corrected chi connectivity index (χ4v) is 2.45. The van der Waals surface area contributed by atoms with Crippen molar-refractivity contribution in [2.24, 2.45) is 0 Å². The van der Waals surface area contributed by atoms with E-state index in [1.807, 2.05) is 13.1 Å². The smallest absolute Gasteiger partial charge is 0.240 e. The average molecular weight is 276 g/mol. The summed E-state index contributed by atoms with van der Waals surface area (Å²) < 4.78 is 7.06. The highest BCUT2D eigenvalue weighted by molar-refractivity contribution is 5.57. The number of hydrogen-bond donors (Lipinski definition) is 2. The number of morpholine rings is 1. The minimum atomic E-state index is 0.304. The number of rotatable bonds is 4. The SMILES string of the molecule is Cc1cc(NCCN2CCOCC2)cn2nc(N)nc12. The Morgan fingerprint density at radius 2 is 2.20 bits per heavy atom. The summed E-state index contributed by atoms with van der Waals surface area (Å²) in [6.45, 7) is 7.62. The summed E-state index contributed by atoms with van der Waals surface area (Å²) >= 11 is 0. The highest BCUT2D eigenvalue weighted by Crippen LogP contribution is 2.15. The zero-order valence-electron chi connectivity index (χ0n) is 11.7. The van der Waals surface area contributed by atoms with E-state index in [1.54, 1.807) is 4.52 Å². The van der Waals surface area contributed by atoms with E-state index in [2.05, 4.69) is 26.4 Å². The van der Waals surface area contributed by atoms with Crippen LogP contribution in [0.4, 0.5) is 11.6 Å². The summed E-state index contributed by atoms with van der Waals surface area (Å²) in [6, 6.07) is 2.07. The molecule has 1 aliphatic heterocycles. The van der Waals surface area contributed by atoms with Crippen molar-refractivity contribution in [1.29, 1.82) is 0 Å². The van der Waals surface area contributed by atoms with E-state index in [4.69, 9.17) is 10.5 Å². The Kier molecular flexibility index (Phi) is 3.70. The second kappa shape index (κ2) is 5.64. The molecule has 3 rings (SSSR count). The van der Waals surface area contributed by atoms with Crippen molar-refractivity contribution in [3.8, 4) is 0 Å². The van der Waals surface area contributed by atoms with Gasteiger partial charge in [-0.1, -0.05) is 0 Å². The second-order valence-electron chi connectivity index (χ2n) is 5.03. The highest BCUT2D eigenvalue weighted by atomic mass is 16.5. The molecule has 0 saturated carbocycles. The maximum absolute atomic E-state index is 5.63. The van der Waals surface area contributed by atoms with Gasteiger partial charge in [-0.2, -0.15) is 4.98 Å². The molecule has 1 fully saturated rings. The van der Waals surface area contributed by atoms with Crippen LogP contribution in [0.3, 0.4) is 0 Å². The number of nitrogen functional groups attached to an aromatic ring is 1. The largest absolute Gasteiger partial charge is 0.383 e. The molecule has 0 unspecified atom stereocenters. The van der Waals surface area contributed by atoms with Gasteiger partial charge in [-0.05, 0) is 18.6 Å². The van der Waals surface area contributed by atoms with Gasteiger partial charge < -0.3 is 15.8 Å². The summed E-state index contributed by atoms with van der Waals surface area (Å²) in [4.78, 5) is 6.59. The topological polar surface area (TPSA) is 80.7 Å². The second-order valence-corrected chi connectivity index (χ2v) is 5.03. The Balaban J connectivity index is 1.62. The number of aromatic nitrogens is 3. The minimum Gasteiger partial charge on any atom is -0.383 e. The molecule has 0 aromatic carbocycles. The van der Waals surface area contributed by atoms with E-state index in [0.29, 0.717) is 5.95 Å². The lowest BCUT2D eigenvalue weighted by molar-refractivity contribution is 0.0398. The molecule has 7 heteroatoms. The van der Waals surface area contributed by atoms with E-state index in [9.17, 15) is 0 Å². The first kappa shape index (κ1) is 13.1. The van der Waals surface area contributed by atoms with Crippen molar-refractivity contribution < 1.29 is 4.74 Å². The van der Waals surface area contributed by atoms with Crippen molar-refractivity contribution >= 4 is 17.3 Å². The summed E-state index contributed by atoms with van der Waals surface area (Å²) in [7, 11) is 0. The summed E-state index contributed by atoms with van der Waals surface area (Å²) in [5.41, 5.74) is 8.53. The number of anilines is 2.